The minimum Gasteiger partial charge on any atom is -0.342 e. The van der Waals surface area contributed by atoms with Crippen molar-refractivity contribution in [2.24, 2.45) is 5.84 Å². The Morgan fingerprint density at radius 1 is 1.33 bits per heavy atom. The van der Waals surface area contributed by atoms with E-state index in [4.69, 9.17) is 5.84 Å². The van der Waals surface area contributed by atoms with Gasteiger partial charge in [0.05, 0.1) is 11.3 Å². The predicted molar refractivity (Wildman–Crippen MR) is 67.8 cm³/mol. The molecule has 0 radical (unpaired) electrons. The molecule has 1 fully saturated rings. The molecular weight excluding hydrogens is 232 g/mol. The Labute approximate surface area is 105 Å². The highest BCUT2D eigenvalue weighted by molar-refractivity contribution is 6.01. The lowest BCUT2D eigenvalue weighted by molar-refractivity contribution is -0.133. The molecule has 0 saturated carbocycles. The summed E-state index contributed by atoms with van der Waals surface area (Å²) >= 11 is 0. The van der Waals surface area contributed by atoms with Crippen LogP contribution < -0.4 is 11.3 Å². The summed E-state index contributed by atoms with van der Waals surface area (Å²) in [7, 11) is 1.74. The zero-order valence-electron chi connectivity index (χ0n) is 10.2. The lowest BCUT2D eigenvalue weighted by Crippen LogP contribution is -2.50. The number of nitrogens with two attached hydrogens (primary N) is 1. The van der Waals surface area contributed by atoms with Gasteiger partial charge in [-0.2, -0.15) is 0 Å². The Balaban J connectivity index is 2.19. The van der Waals surface area contributed by atoms with E-state index in [0.717, 1.165) is 0 Å². The van der Waals surface area contributed by atoms with Gasteiger partial charge < -0.3 is 15.2 Å². The lowest BCUT2D eigenvalue weighted by Gasteiger charge is -2.32. The zero-order chi connectivity index (χ0) is 13.1. The zero-order valence-corrected chi connectivity index (χ0v) is 10.2. The summed E-state index contributed by atoms with van der Waals surface area (Å²) < 4.78 is 0. The number of rotatable bonds is 2. The fourth-order valence-corrected chi connectivity index (χ4v) is 1.90. The molecule has 2 amide bonds. The number of benzene rings is 1. The molecule has 2 rings (SSSR count). The quantitative estimate of drug-likeness (QED) is 0.565. The SMILES string of the molecule is CN1CCN(C(=O)c2ccccc2NN)CC1=O. The van der Waals surface area contributed by atoms with E-state index < -0.39 is 0 Å². The standard InChI is InChI=1S/C12H16N4O2/c1-15-6-7-16(8-11(15)17)12(18)9-4-2-3-5-10(9)14-13/h2-5,14H,6-8,13H2,1H3. The Kier molecular flexibility index (Phi) is 3.47. The summed E-state index contributed by atoms with van der Waals surface area (Å²) in [6, 6.07) is 6.98. The lowest BCUT2D eigenvalue weighted by atomic mass is 10.1. The molecule has 6 nitrogen and oxygen atoms in total. The van der Waals surface area contributed by atoms with Gasteiger partial charge >= 0.3 is 0 Å². The second-order valence-corrected chi connectivity index (χ2v) is 4.23. The molecule has 6 heteroatoms. The Morgan fingerprint density at radius 2 is 2.06 bits per heavy atom. The minimum atomic E-state index is -0.176. The van der Waals surface area contributed by atoms with Gasteiger partial charge in [-0.3, -0.25) is 15.4 Å². The number of amides is 2. The summed E-state index contributed by atoms with van der Waals surface area (Å²) in [6.45, 7) is 1.22. The van der Waals surface area contributed by atoms with Crippen LogP contribution in [0.4, 0.5) is 5.69 Å². The van der Waals surface area contributed by atoms with Gasteiger partial charge in [-0.05, 0) is 12.1 Å². The van der Waals surface area contributed by atoms with E-state index in [0.29, 0.717) is 24.3 Å². The fraction of sp³-hybridized carbons (Fsp3) is 0.333. The van der Waals surface area contributed by atoms with Crippen molar-refractivity contribution in [1.82, 2.24) is 9.80 Å². The molecule has 1 aliphatic heterocycles. The highest BCUT2D eigenvalue weighted by Crippen LogP contribution is 2.17. The smallest absolute Gasteiger partial charge is 0.256 e. The third-order valence-corrected chi connectivity index (χ3v) is 3.06. The third kappa shape index (κ3) is 2.28. The average molecular weight is 248 g/mol. The molecule has 96 valence electrons. The first-order chi connectivity index (χ1) is 8.63. The Hall–Kier alpha value is -2.08. The van der Waals surface area contributed by atoms with Crippen LogP contribution in [-0.2, 0) is 4.79 Å². The molecule has 0 bridgehead atoms. The number of hydrogen-bond acceptors (Lipinski definition) is 4. The molecule has 1 aliphatic rings. The molecule has 18 heavy (non-hydrogen) atoms. The second-order valence-electron chi connectivity index (χ2n) is 4.23. The van der Waals surface area contributed by atoms with Gasteiger partial charge in [0.25, 0.3) is 5.91 Å². The highest BCUT2D eigenvalue weighted by Gasteiger charge is 2.26. The van der Waals surface area contributed by atoms with E-state index in [1.807, 2.05) is 0 Å². The predicted octanol–water partition coefficient (Wildman–Crippen LogP) is -0.114. The van der Waals surface area contributed by atoms with Crippen LogP contribution in [0, 0.1) is 0 Å². The van der Waals surface area contributed by atoms with Crippen LogP contribution in [0.1, 0.15) is 10.4 Å². The van der Waals surface area contributed by atoms with E-state index in [1.54, 1.807) is 41.1 Å². The molecule has 0 spiro atoms. The van der Waals surface area contributed by atoms with Crippen LogP contribution >= 0.6 is 0 Å². The van der Waals surface area contributed by atoms with Crippen molar-refractivity contribution < 1.29 is 9.59 Å². The van der Waals surface area contributed by atoms with Gasteiger partial charge in [0, 0.05) is 20.1 Å². The average Bonchev–Trinajstić information content (AvgIpc) is 2.41. The van der Waals surface area contributed by atoms with Crippen LogP contribution in [0.25, 0.3) is 0 Å². The van der Waals surface area contributed by atoms with Crippen molar-refractivity contribution in [2.75, 3.05) is 32.1 Å². The normalized spacial score (nSPS) is 15.8. The molecule has 1 aromatic carbocycles. The highest BCUT2D eigenvalue weighted by atomic mass is 16.2. The van der Waals surface area contributed by atoms with Crippen LogP contribution in [0.3, 0.4) is 0 Å². The molecule has 1 heterocycles. The number of hydrogen-bond donors (Lipinski definition) is 2. The van der Waals surface area contributed by atoms with Crippen molar-refractivity contribution in [3.8, 4) is 0 Å². The number of carbonyl (C=O) groups is 2. The second kappa shape index (κ2) is 5.05. The molecular formula is C12H16N4O2. The number of nitrogen functional groups attached to an aromatic ring is 1. The van der Waals surface area contributed by atoms with Crippen LogP contribution in [0.2, 0.25) is 0 Å². The van der Waals surface area contributed by atoms with Gasteiger partial charge in [-0.25, -0.2) is 0 Å². The first-order valence-corrected chi connectivity index (χ1v) is 5.72. The molecule has 0 atom stereocenters. The Morgan fingerprint density at radius 3 is 2.72 bits per heavy atom. The number of para-hydroxylation sites is 1. The van der Waals surface area contributed by atoms with Gasteiger partial charge in [-0.15, -0.1) is 0 Å². The third-order valence-electron chi connectivity index (χ3n) is 3.06. The Bertz CT molecular complexity index is 475. The first-order valence-electron chi connectivity index (χ1n) is 5.72. The number of piperazine rings is 1. The van der Waals surface area contributed by atoms with Crippen LogP contribution in [-0.4, -0.2) is 48.3 Å². The number of nitrogens with zero attached hydrogens (tertiary/aromatic N) is 2. The summed E-state index contributed by atoms with van der Waals surface area (Å²) in [5, 5.41) is 0. The van der Waals surface area contributed by atoms with E-state index in [9.17, 15) is 9.59 Å². The van der Waals surface area contributed by atoms with E-state index >= 15 is 0 Å². The van der Waals surface area contributed by atoms with Crippen molar-refractivity contribution in [1.29, 1.82) is 0 Å². The number of carbonyl (C=O) groups excluding carboxylic acids is 2. The van der Waals surface area contributed by atoms with Crippen LogP contribution in [0.15, 0.2) is 24.3 Å². The maximum absolute atomic E-state index is 12.3. The van der Waals surface area contributed by atoms with Gasteiger partial charge in [-0.1, -0.05) is 12.1 Å². The fourth-order valence-electron chi connectivity index (χ4n) is 1.90. The van der Waals surface area contributed by atoms with Crippen molar-refractivity contribution in [2.45, 2.75) is 0 Å². The van der Waals surface area contributed by atoms with Gasteiger partial charge in [0.2, 0.25) is 5.91 Å². The maximum Gasteiger partial charge on any atom is 0.256 e. The minimum absolute atomic E-state index is 0.0483. The molecule has 0 aromatic heterocycles. The summed E-state index contributed by atoms with van der Waals surface area (Å²) in [6.07, 6.45) is 0. The van der Waals surface area contributed by atoms with E-state index in [1.165, 1.54) is 0 Å². The number of likely N-dealkylation sites (N-methyl/N-ethyl adjacent to an activating group) is 1. The molecule has 1 saturated heterocycles. The van der Waals surface area contributed by atoms with E-state index in [-0.39, 0.29) is 18.4 Å². The van der Waals surface area contributed by atoms with Crippen LogP contribution in [0.5, 0.6) is 0 Å². The molecule has 1 aromatic rings. The van der Waals surface area contributed by atoms with Crippen molar-refractivity contribution in [3.05, 3.63) is 29.8 Å². The largest absolute Gasteiger partial charge is 0.342 e. The van der Waals surface area contributed by atoms with Gasteiger partial charge in [0.15, 0.2) is 0 Å². The monoisotopic (exact) mass is 248 g/mol. The topological polar surface area (TPSA) is 78.7 Å². The summed E-state index contributed by atoms with van der Waals surface area (Å²) in [4.78, 5) is 27.0. The first kappa shape index (κ1) is 12.4. The molecule has 0 unspecified atom stereocenters. The van der Waals surface area contributed by atoms with Gasteiger partial charge in [0.1, 0.15) is 6.54 Å². The number of nitrogens with one attached hydrogen (secondary N) is 1. The van der Waals surface area contributed by atoms with E-state index in [2.05, 4.69) is 5.43 Å². The summed E-state index contributed by atoms with van der Waals surface area (Å²) in [5.41, 5.74) is 3.54. The number of hydrazine groups is 1. The molecule has 3 N–H and O–H groups in total. The van der Waals surface area contributed by atoms with Crippen molar-refractivity contribution in [3.63, 3.8) is 0 Å². The summed E-state index contributed by atoms with van der Waals surface area (Å²) in [5.74, 6) is 5.15. The van der Waals surface area contributed by atoms with Crippen molar-refractivity contribution >= 4 is 17.5 Å². The maximum atomic E-state index is 12.3. The molecule has 0 aliphatic carbocycles. The number of anilines is 1.